The first-order valence-electron chi connectivity index (χ1n) is 11.7. The van der Waals surface area contributed by atoms with E-state index < -0.39 is 0 Å². The third-order valence-electron chi connectivity index (χ3n) is 7.11. The van der Waals surface area contributed by atoms with Gasteiger partial charge in [-0.1, -0.05) is 85.8 Å². The molecule has 0 saturated carbocycles. The molecule has 5 heteroatoms. The minimum absolute atomic E-state index is 0. The molecule has 3 aromatic rings. The van der Waals surface area contributed by atoms with E-state index in [1.807, 2.05) is 0 Å². The molecular formula is C34H33Cl2OSiZr-3. The van der Waals surface area contributed by atoms with E-state index in [1.165, 1.54) is 67.9 Å². The summed E-state index contributed by atoms with van der Waals surface area (Å²) in [5.41, 5.74) is 9.89. The number of ether oxygens (including phenoxy) is 1. The zero-order valence-corrected chi connectivity index (χ0v) is 27.8. The van der Waals surface area contributed by atoms with Gasteiger partial charge in [0.2, 0.25) is 0 Å². The summed E-state index contributed by atoms with van der Waals surface area (Å²) in [5.74, 6) is 1.02. The molecule has 3 aliphatic carbocycles. The molecule has 0 heterocycles. The summed E-state index contributed by atoms with van der Waals surface area (Å²) < 4.78 is 5.44. The Morgan fingerprint density at radius 1 is 0.846 bits per heavy atom. The van der Waals surface area contributed by atoms with Crippen LogP contribution in [0, 0.1) is 20.9 Å². The molecule has 200 valence electrons. The molecule has 0 saturated heterocycles. The number of hydrogen-bond donors (Lipinski definition) is 0. The second kappa shape index (κ2) is 15.0. The molecule has 2 radical (unpaired) electrons. The predicted molar refractivity (Wildman–Crippen MR) is 169 cm³/mol. The molecule has 39 heavy (non-hydrogen) atoms. The van der Waals surface area contributed by atoms with Gasteiger partial charge >= 0.3 is 30.2 Å². The van der Waals surface area contributed by atoms with Crippen LogP contribution in [-0.4, -0.2) is 14.0 Å². The van der Waals surface area contributed by atoms with Crippen LogP contribution >= 0.6 is 24.8 Å². The standard InChI is InChI=1S/C32H25O.2CH3.2ClH.Si.Zr/c1-22-19-25-10-8-18-32(30(25)20-22,26-11-4-3-5-12-26)31-28-13-7-6-9-24(28)21-29(31)23-14-16-27(33-2)17-15-23;;;;;;/h3-18,20-21,31H,1-2H3;2*1H3;2*1H;;/q3*-1;;;;. The minimum atomic E-state index is -0.325. The average Bonchev–Trinajstić information content (AvgIpc) is 3.51. The molecule has 2 atom stereocenters. The van der Waals surface area contributed by atoms with Crippen molar-refractivity contribution in [3.05, 3.63) is 163 Å². The Labute approximate surface area is 263 Å². The van der Waals surface area contributed by atoms with E-state index in [-0.39, 0.29) is 51.0 Å². The third-order valence-corrected chi connectivity index (χ3v) is 7.11. The Morgan fingerprint density at radius 3 is 2.15 bits per heavy atom. The van der Waals surface area contributed by atoms with Crippen molar-refractivity contribution >= 4 is 43.3 Å². The van der Waals surface area contributed by atoms with E-state index in [0.29, 0.717) is 0 Å². The zero-order chi connectivity index (χ0) is 24.4. The Balaban J connectivity index is 0.00000124. The van der Waals surface area contributed by atoms with Gasteiger partial charge in [-0.25, -0.2) is 0 Å². The fourth-order valence-electron chi connectivity index (χ4n) is 5.70. The first-order chi connectivity index (χ1) is 17.2. The zero-order valence-electron chi connectivity index (χ0n) is 22.7. The third kappa shape index (κ3) is 6.13. The molecule has 0 bridgehead atoms. The van der Waals surface area contributed by atoms with Gasteiger partial charge in [0.25, 0.3) is 0 Å². The van der Waals surface area contributed by atoms with Gasteiger partial charge in [-0.15, -0.1) is 54.2 Å². The van der Waals surface area contributed by atoms with Crippen LogP contribution in [0.1, 0.15) is 35.1 Å². The van der Waals surface area contributed by atoms with Gasteiger partial charge in [0.15, 0.2) is 0 Å². The summed E-state index contributed by atoms with van der Waals surface area (Å²) in [4.78, 5) is 0. The Bertz CT molecular complexity index is 1420. The fraction of sp³-hybridized carbons (Fsp3) is 0.118. The van der Waals surface area contributed by atoms with Crippen molar-refractivity contribution in [2.45, 2.75) is 18.3 Å². The van der Waals surface area contributed by atoms with E-state index in [4.69, 9.17) is 4.74 Å². The number of halogens is 2. The number of allylic oxidation sites excluding steroid dienone is 9. The molecule has 0 spiro atoms. The molecule has 0 N–H and O–H groups in total. The quantitative estimate of drug-likeness (QED) is 0.203. The molecule has 0 amide bonds. The molecule has 1 nitrogen and oxygen atoms in total. The van der Waals surface area contributed by atoms with Crippen LogP contribution in [0.3, 0.4) is 0 Å². The second-order valence-corrected chi connectivity index (χ2v) is 8.93. The van der Waals surface area contributed by atoms with Crippen LogP contribution in [0.4, 0.5) is 0 Å². The van der Waals surface area contributed by atoms with Gasteiger partial charge in [0.1, 0.15) is 5.75 Å². The molecule has 0 fully saturated rings. The maximum absolute atomic E-state index is 5.44. The summed E-state index contributed by atoms with van der Waals surface area (Å²) in [6, 6.07) is 28.3. The van der Waals surface area contributed by atoms with Crippen molar-refractivity contribution < 1.29 is 28.1 Å². The van der Waals surface area contributed by atoms with Crippen molar-refractivity contribution in [2.75, 3.05) is 7.11 Å². The van der Waals surface area contributed by atoms with Crippen LogP contribution in [0.15, 0.2) is 120 Å². The Morgan fingerprint density at radius 2 is 1.49 bits per heavy atom. The van der Waals surface area contributed by atoms with Gasteiger partial charge in [0.05, 0.1) is 7.11 Å². The molecule has 3 aromatic carbocycles. The van der Waals surface area contributed by atoms with Crippen molar-refractivity contribution in [2.24, 2.45) is 0 Å². The van der Waals surface area contributed by atoms with Crippen molar-refractivity contribution in [1.29, 1.82) is 0 Å². The number of hydrogen-bond acceptors (Lipinski definition) is 1. The van der Waals surface area contributed by atoms with Gasteiger partial charge in [0, 0.05) is 11.3 Å². The summed E-state index contributed by atoms with van der Waals surface area (Å²) in [6.45, 7) is 5.21. The second-order valence-electron chi connectivity index (χ2n) is 8.93. The molecule has 3 aliphatic rings. The molecule has 6 rings (SSSR count). The van der Waals surface area contributed by atoms with Gasteiger partial charge in [-0.2, -0.15) is 11.6 Å². The van der Waals surface area contributed by atoms with E-state index in [2.05, 4.69) is 129 Å². The first-order valence-corrected chi connectivity index (χ1v) is 15.9. The van der Waals surface area contributed by atoms with E-state index in [9.17, 15) is 0 Å². The maximum atomic E-state index is 5.44. The average molecular weight is 648 g/mol. The fourth-order valence-corrected chi connectivity index (χ4v) is 5.70. The Kier molecular flexibility index (Phi) is 13.4. The summed E-state index contributed by atoms with van der Waals surface area (Å²) in [5, 5.41) is 0. The number of rotatable bonds is 4. The van der Waals surface area contributed by atoms with Crippen LogP contribution in [0.25, 0.3) is 11.6 Å². The van der Waals surface area contributed by atoms with E-state index in [0.717, 1.165) is 5.75 Å². The van der Waals surface area contributed by atoms with E-state index in [1.54, 1.807) is 7.11 Å². The van der Waals surface area contributed by atoms with Crippen LogP contribution in [0.2, 0.25) is 0 Å². The number of benzene rings is 3. The SMILES string of the molecule is COc1ccc(C2=Cc3ccccc3C2C2(c3ccccc3)C=CC=C3[C-]=C(C)C=C32)cc1.Cl.Cl.[CH3-].[CH3-].[Si]=[Zr]. The topological polar surface area (TPSA) is 9.23 Å². The normalized spacial score (nSPS) is 19.3. The molecule has 0 aliphatic heterocycles. The van der Waals surface area contributed by atoms with Crippen molar-refractivity contribution in [1.82, 2.24) is 0 Å². The van der Waals surface area contributed by atoms with Gasteiger partial charge < -0.3 is 19.6 Å². The Hall–Kier alpha value is -2.16. The molecule has 0 aromatic heterocycles. The van der Waals surface area contributed by atoms with Crippen LogP contribution in [-0.2, 0) is 28.8 Å². The summed E-state index contributed by atoms with van der Waals surface area (Å²) in [7, 11) is 1.71. The van der Waals surface area contributed by atoms with Gasteiger partial charge in [-0.05, 0) is 40.0 Å². The van der Waals surface area contributed by atoms with Crippen molar-refractivity contribution in [3.8, 4) is 5.75 Å². The monoisotopic (exact) mass is 645 g/mol. The van der Waals surface area contributed by atoms with Crippen LogP contribution < -0.4 is 4.74 Å². The molecular weight excluding hydrogens is 615 g/mol. The predicted octanol–water partition coefficient (Wildman–Crippen LogP) is 8.82. The van der Waals surface area contributed by atoms with Gasteiger partial charge in [-0.3, -0.25) is 0 Å². The first kappa shape index (κ1) is 34.9. The van der Waals surface area contributed by atoms with E-state index >= 15 is 0 Å². The molecule has 2 unspecified atom stereocenters. The number of methoxy groups -OCH3 is 1. The summed E-state index contributed by atoms with van der Waals surface area (Å²) >= 11 is 1.36. The summed E-state index contributed by atoms with van der Waals surface area (Å²) in [6.07, 6.45) is 15.1. The van der Waals surface area contributed by atoms with Crippen molar-refractivity contribution in [3.63, 3.8) is 0 Å². The number of fused-ring (bicyclic) bond motifs is 2. The van der Waals surface area contributed by atoms with Crippen LogP contribution in [0.5, 0.6) is 5.75 Å².